The zero-order valence-corrected chi connectivity index (χ0v) is 60.9. The van der Waals surface area contributed by atoms with Crippen molar-refractivity contribution in [2.75, 3.05) is 47.5 Å². The van der Waals surface area contributed by atoms with Crippen molar-refractivity contribution in [1.29, 1.82) is 0 Å². The lowest BCUT2D eigenvalue weighted by Gasteiger charge is -2.24. The van der Waals surface area contributed by atoms with E-state index >= 15 is 0 Å². The average Bonchev–Trinajstić information content (AvgIpc) is 2.14. The fourth-order valence-corrected chi connectivity index (χ4v) is 10.9. The number of carbonyl (C=O) groups is 2. The number of allylic oxidation sites excluding steroid dienone is 24. The molecule has 0 fully saturated rings. The highest BCUT2D eigenvalue weighted by molar-refractivity contribution is 7.47. The van der Waals surface area contributed by atoms with Crippen LogP contribution in [0.15, 0.2) is 146 Å². The monoisotopic (exact) mass is 1300 g/mol. The third-order valence-corrected chi connectivity index (χ3v) is 16.8. The molecule has 92 heavy (non-hydrogen) atoms. The molecule has 526 valence electrons. The molecule has 10 heteroatoms. The molecule has 2 atom stereocenters. The molecule has 0 aromatic rings. The normalized spacial score (nSPS) is 13.9. The highest BCUT2D eigenvalue weighted by atomic mass is 31.2. The number of quaternary nitrogens is 1. The van der Waals surface area contributed by atoms with Crippen LogP contribution in [-0.2, 0) is 32.7 Å². The van der Waals surface area contributed by atoms with Gasteiger partial charge in [0.15, 0.2) is 6.10 Å². The van der Waals surface area contributed by atoms with Crippen LogP contribution >= 0.6 is 7.82 Å². The number of hydrogen-bond donors (Lipinski definition) is 1. The Kier molecular flexibility index (Phi) is 68.0. The van der Waals surface area contributed by atoms with Gasteiger partial charge in [0.05, 0.1) is 27.7 Å². The van der Waals surface area contributed by atoms with Crippen molar-refractivity contribution >= 4 is 19.8 Å². The Balaban J connectivity index is 4.10. The predicted molar refractivity (Wildman–Crippen MR) is 399 cm³/mol. The molecule has 0 aromatic heterocycles. The summed E-state index contributed by atoms with van der Waals surface area (Å²) < 4.78 is 34.7. The van der Waals surface area contributed by atoms with Crippen LogP contribution in [0.25, 0.3) is 0 Å². The topological polar surface area (TPSA) is 108 Å². The van der Waals surface area contributed by atoms with Gasteiger partial charge in [0.25, 0.3) is 0 Å². The minimum Gasteiger partial charge on any atom is -0.462 e. The number of likely N-dealkylation sites (N-methyl/N-ethyl adjacent to an activating group) is 1. The van der Waals surface area contributed by atoms with E-state index in [1.54, 1.807) is 0 Å². The van der Waals surface area contributed by atoms with Crippen molar-refractivity contribution in [2.45, 2.75) is 315 Å². The standard InChI is InChI=1S/C82H140NO8P/c1-6-8-10-12-14-16-18-20-22-24-26-28-30-32-34-36-38-40-41-43-45-47-49-51-53-55-57-59-61-63-65-67-69-71-73-75-82(85)91-80(79-90-92(86,87)89-77-76-83(3,4)5)78-88-81(84)74-72-70-68-66-64-62-60-58-56-54-52-50-48-46-44-42-39-37-35-33-31-29-27-25-23-21-19-17-15-13-11-9-7-2/h8,10,14,16,19-22,25-28,32,34,38,40,43,45,49,51,55,57,61,63,80H,6-7,9,11-13,15,17-18,23-24,29-31,33,35-37,39,41-42,44,46-48,50,52-54,56,58-60,62,64-79H2,1-5H3/p+1/b10-8-,16-14-,21-19-,22-20-,27-25-,28-26-,34-32-,40-38-,45-43-,51-49-,57-55-,63-61-. The fraction of sp³-hybridized carbons (Fsp3) is 0.683. The van der Waals surface area contributed by atoms with E-state index in [1.165, 1.54) is 161 Å². The number of ether oxygens (including phenoxy) is 2. The minimum absolute atomic E-state index is 0.0201. The molecule has 0 bridgehead atoms. The summed E-state index contributed by atoms with van der Waals surface area (Å²) in [6, 6.07) is 0. The van der Waals surface area contributed by atoms with Crippen LogP contribution in [0.2, 0.25) is 0 Å². The van der Waals surface area contributed by atoms with Crippen LogP contribution in [0.4, 0.5) is 0 Å². The van der Waals surface area contributed by atoms with Crippen LogP contribution in [0.3, 0.4) is 0 Å². The number of unbranched alkanes of at least 4 members (excludes halogenated alkanes) is 30. The van der Waals surface area contributed by atoms with Gasteiger partial charge in [-0.1, -0.05) is 320 Å². The molecule has 0 aliphatic rings. The van der Waals surface area contributed by atoms with Gasteiger partial charge in [0.2, 0.25) is 0 Å². The second kappa shape index (κ2) is 71.2. The van der Waals surface area contributed by atoms with Crippen molar-refractivity contribution in [3.8, 4) is 0 Å². The van der Waals surface area contributed by atoms with Crippen LogP contribution < -0.4 is 0 Å². The molecule has 0 saturated carbocycles. The molecule has 2 unspecified atom stereocenters. The first kappa shape index (κ1) is 87.9. The average molecular weight is 1300 g/mol. The van der Waals surface area contributed by atoms with E-state index in [0.717, 1.165) is 116 Å². The highest BCUT2D eigenvalue weighted by Gasteiger charge is 2.27. The Morgan fingerprint density at radius 1 is 0.348 bits per heavy atom. The number of rotatable bonds is 68. The molecule has 1 N–H and O–H groups in total. The maximum atomic E-state index is 12.9. The Labute approximate surface area is 567 Å². The fourth-order valence-electron chi connectivity index (χ4n) is 10.1. The molecule has 9 nitrogen and oxygen atoms in total. The van der Waals surface area contributed by atoms with Gasteiger partial charge >= 0.3 is 19.8 Å². The minimum atomic E-state index is -4.41. The number of hydrogen-bond acceptors (Lipinski definition) is 7. The van der Waals surface area contributed by atoms with Gasteiger partial charge in [-0.15, -0.1) is 0 Å². The number of phosphoric acid groups is 1. The lowest BCUT2D eigenvalue weighted by Crippen LogP contribution is -2.37. The summed E-state index contributed by atoms with van der Waals surface area (Å²) in [5.74, 6) is -0.826. The van der Waals surface area contributed by atoms with Gasteiger partial charge in [-0.25, -0.2) is 4.57 Å². The van der Waals surface area contributed by atoms with Crippen molar-refractivity contribution in [3.05, 3.63) is 146 Å². The van der Waals surface area contributed by atoms with Gasteiger partial charge in [-0.3, -0.25) is 18.6 Å². The van der Waals surface area contributed by atoms with E-state index in [0.29, 0.717) is 17.4 Å². The Hall–Kier alpha value is -4.11. The highest BCUT2D eigenvalue weighted by Crippen LogP contribution is 2.43. The summed E-state index contributed by atoms with van der Waals surface area (Å²) in [6.45, 7) is 4.29. The molecule has 0 radical (unpaired) electrons. The molecule has 0 saturated heterocycles. The molecule has 0 spiro atoms. The smallest absolute Gasteiger partial charge is 0.462 e. The molecule has 0 amide bonds. The summed E-state index contributed by atoms with van der Waals surface area (Å²) in [5, 5.41) is 0. The molecule has 0 aliphatic carbocycles. The number of nitrogens with zero attached hydrogens (tertiary/aromatic N) is 1. The van der Waals surface area contributed by atoms with E-state index in [-0.39, 0.29) is 32.0 Å². The SMILES string of the molecule is CC/C=C\C/C=C\C/C=C\C/C=C\C/C=C\C/C=C\C/C=C\C/C=C\C/C=C\C/C=C\CCCCCCC(=O)OC(COC(=O)CCCCCCCCCCCCCCCCCCCCCCC/C=C\C/C=C\CCCCCCC)COP(=O)(O)OCC[N+](C)(C)C. The molecule has 0 aromatic carbocycles. The molecule has 0 rings (SSSR count). The summed E-state index contributed by atoms with van der Waals surface area (Å²) in [5.41, 5.74) is 0. The number of carbonyl (C=O) groups excluding carboxylic acids is 2. The van der Waals surface area contributed by atoms with E-state index in [2.05, 4.69) is 160 Å². The first-order valence-corrected chi connectivity index (χ1v) is 39.1. The maximum Gasteiger partial charge on any atom is 0.472 e. The largest absolute Gasteiger partial charge is 0.472 e. The summed E-state index contributed by atoms with van der Waals surface area (Å²) in [6.07, 6.45) is 105. The van der Waals surface area contributed by atoms with Crippen LogP contribution in [-0.4, -0.2) is 74.9 Å². The van der Waals surface area contributed by atoms with Crippen molar-refractivity contribution < 1.29 is 42.1 Å². The summed E-state index contributed by atoms with van der Waals surface area (Å²) >= 11 is 0. The van der Waals surface area contributed by atoms with Gasteiger partial charge in [0, 0.05) is 12.8 Å². The van der Waals surface area contributed by atoms with Crippen molar-refractivity contribution in [2.24, 2.45) is 0 Å². The van der Waals surface area contributed by atoms with Crippen LogP contribution in [0.5, 0.6) is 0 Å². The van der Waals surface area contributed by atoms with E-state index in [9.17, 15) is 19.0 Å². The Morgan fingerprint density at radius 2 is 0.620 bits per heavy atom. The molecular weight excluding hydrogens is 1160 g/mol. The van der Waals surface area contributed by atoms with Crippen LogP contribution in [0.1, 0.15) is 309 Å². The molecular formula is C82H141NO8P+. The second-order valence-electron chi connectivity index (χ2n) is 25.9. The zero-order chi connectivity index (χ0) is 66.9. The van der Waals surface area contributed by atoms with Crippen molar-refractivity contribution in [1.82, 2.24) is 0 Å². The maximum absolute atomic E-state index is 12.9. The van der Waals surface area contributed by atoms with E-state index in [1.807, 2.05) is 21.1 Å². The molecule has 0 aliphatic heterocycles. The van der Waals surface area contributed by atoms with Gasteiger partial charge < -0.3 is 18.9 Å². The lowest BCUT2D eigenvalue weighted by molar-refractivity contribution is -0.870. The number of esters is 2. The zero-order valence-electron chi connectivity index (χ0n) is 60.0. The van der Waals surface area contributed by atoms with Gasteiger partial charge in [0.1, 0.15) is 19.8 Å². The summed E-state index contributed by atoms with van der Waals surface area (Å²) in [4.78, 5) is 35.9. The second-order valence-corrected chi connectivity index (χ2v) is 27.4. The third-order valence-electron chi connectivity index (χ3n) is 15.9. The van der Waals surface area contributed by atoms with Crippen molar-refractivity contribution in [3.63, 3.8) is 0 Å². The molecule has 0 heterocycles. The van der Waals surface area contributed by atoms with E-state index < -0.39 is 26.5 Å². The van der Waals surface area contributed by atoms with Gasteiger partial charge in [-0.2, -0.15) is 0 Å². The summed E-state index contributed by atoms with van der Waals surface area (Å²) in [7, 11) is 1.45. The van der Waals surface area contributed by atoms with Gasteiger partial charge in [-0.05, 0) is 122 Å². The first-order chi connectivity index (χ1) is 45.0. The van der Waals surface area contributed by atoms with E-state index in [4.69, 9.17) is 18.5 Å². The first-order valence-electron chi connectivity index (χ1n) is 37.6. The lowest BCUT2D eigenvalue weighted by atomic mass is 10.0. The Bertz CT molecular complexity index is 2070. The van der Waals surface area contributed by atoms with Crippen LogP contribution in [0, 0.1) is 0 Å². The Morgan fingerprint density at radius 3 is 0.924 bits per heavy atom. The predicted octanol–water partition coefficient (Wildman–Crippen LogP) is 24.9. The number of phosphoric ester groups is 1. The quantitative estimate of drug-likeness (QED) is 0.0211. The third kappa shape index (κ3) is 74.9.